The number of likely N-dealkylation sites (N-methyl/N-ethyl adjacent to an activating group) is 2. The molecule has 0 amide bonds. The normalized spacial score (nSPS) is 33.9. The van der Waals surface area contributed by atoms with Crippen molar-refractivity contribution in [3.8, 4) is 12.1 Å². The first kappa shape index (κ1) is 11.0. The van der Waals surface area contributed by atoms with Crippen molar-refractivity contribution in [1.82, 2.24) is 9.80 Å². The summed E-state index contributed by atoms with van der Waals surface area (Å²) in [5.41, 5.74) is 0. The van der Waals surface area contributed by atoms with Gasteiger partial charge < -0.3 is 0 Å². The molecule has 3 atom stereocenters. The van der Waals surface area contributed by atoms with Crippen LogP contribution in [0.15, 0.2) is 0 Å². The number of nitriles is 2. The molecule has 1 aliphatic heterocycles. The first-order valence-corrected chi connectivity index (χ1v) is 5.01. The monoisotopic (exact) mass is 192 g/mol. The molecule has 0 radical (unpaired) electrons. The van der Waals surface area contributed by atoms with E-state index in [1.165, 1.54) is 0 Å². The van der Waals surface area contributed by atoms with Gasteiger partial charge in [-0.1, -0.05) is 13.8 Å². The Morgan fingerprint density at radius 2 is 1.64 bits per heavy atom. The van der Waals surface area contributed by atoms with Gasteiger partial charge in [0.25, 0.3) is 0 Å². The van der Waals surface area contributed by atoms with Crippen LogP contribution in [0.2, 0.25) is 0 Å². The summed E-state index contributed by atoms with van der Waals surface area (Å²) in [5, 5.41) is 18.1. The number of rotatable bonds is 2. The lowest BCUT2D eigenvalue weighted by Gasteiger charge is -2.23. The van der Waals surface area contributed by atoms with Crippen LogP contribution in [0.4, 0.5) is 0 Å². The van der Waals surface area contributed by atoms with Gasteiger partial charge in [0.2, 0.25) is 0 Å². The zero-order chi connectivity index (χ0) is 10.7. The topological polar surface area (TPSA) is 54.1 Å². The van der Waals surface area contributed by atoms with E-state index >= 15 is 0 Å². The van der Waals surface area contributed by atoms with Gasteiger partial charge in [-0.3, -0.25) is 9.80 Å². The molecule has 14 heavy (non-hydrogen) atoms. The highest BCUT2D eigenvalue weighted by Crippen LogP contribution is 2.25. The minimum Gasteiger partial charge on any atom is -0.271 e. The molecule has 1 saturated heterocycles. The summed E-state index contributed by atoms with van der Waals surface area (Å²) in [5.74, 6) is 0. The second kappa shape index (κ2) is 4.41. The molecule has 76 valence electrons. The summed E-state index contributed by atoms with van der Waals surface area (Å²) < 4.78 is 0. The van der Waals surface area contributed by atoms with Crippen molar-refractivity contribution in [1.29, 1.82) is 10.5 Å². The average molecular weight is 192 g/mol. The Labute approximate surface area is 85.3 Å². The van der Waals surface area contributed by atoms with Gasteiger partial charge in [-0.15, -0.1) is 0 Å². The Morgan fingerprint density at radius 3 is 2.00 bits per heavy atom. The Hall–Kier alpha value is -1.10. The van der Waals surface area contributed by atoms with Crippen LogP contribution >= 0.6 is 0 Å². The maximum Gasteiger partial charge on any atom is 0.154 e. The van der Waals surface area contributed by atoms with Crippen LogP contribution in [0.1, 0.15) is 20.8 Å². The van der Waals surface area contributed by atoms with E-state index in [1.807, 2.05) is 25.7 Å². The standard InChI is InChI=1S/C10H16N4/c1-4-13-8(3)9(6-11)14(5-2)10(13)7-12/h8-10H,4-5H2,1-3H3. The maximum atomic E-state index is 9.06. The highest BCUT2D eigenvalue weighted by Gasteiger charge is 2.43. The van der Waals surface area contributed by atoms with E-state index in [4.69, 9.17) is 10.5 Å². The molecular weight excluding hydrogens is 176 g/mol. The lowest BCUT2D eigenvalue weighted by atomic mass is 10.1. The molecule has 0 saturated carbocycles. The van der Waals surface area contributed by atoms with E-state index in [0.717, 1.165) is 13.1 Å². The van der Waals surface area contributed by atoms with Crippen molar-refractivity contribution < 1.29 is 0 Å². The third kappa shape index (κ3) is 1.48. The van der Waals surface area contributed by atoms with E-state index in [9.17, 15) is 0 Å². The summed E-state index contributed by atoms with van der Waals surface area (Å²) in [6.07, 6.45) is -0.232. The van der Waals surface area contributed by atoms with Gasteiger partial charge in [0.05, 0.1) is 12.1 Å². The fraction of sp³-hybridized carbons (Fsp3) is 0.800. The molecule has 4 heteroatoms. The molecule has 1 heterocycles. The summed E-state index contributed by atoms with van der Waals surface area (Å²) >= 11 is 0. The number of hydrogen-bond donors (Lipinski definition) is 0. The van der Waals surface area contributed by atoms with Crippen LogP contribution < -0.4 is 0 Å². The summed E-state index contributed by atoms with van der Waals surface area (Å²) in [7, 11) is 0. The van der Waals surface area contributed by atoms with Gasteiger partial charge >= 0.3 is 0 Å². The van der Waals surface area contributed by atoms with Gasteiger partial charge in [-0.2, -0.15) is 10.5 Å². The fourth-order valence-corrected chi connectivity index (χ4v) is 2.18. The Balaban J connectivity index is 2.95. The van der Waals surface area contributed by atoms with Crippen molar-refractivity contribution in [2.75, 3.05) is 13.1 Å². The second-order valence-electron chi connectivity index (χ2n) is 3.48. The van der Waals surface area contributed by atoms with Crippen molar-refractivity contribution in [3.05, 3.63) is 0 Å². The fourth-order valence-electron chi connectivity index (χ4n) is 2.18. The van der Waals surface area contributed by atoms with Gasteiger partial charge in [-0.05, 0) is 20.0 Å². The second-order valence-corrected chi connectivity index (χ2v) is 3.48. The van der Waals surface area contributed by atoms with Crippen LogP contribution in [0.25, 0.3) is 0 Å². The molecule has 1 fully saturated rings. The molecule has 0 N–H and O–H groups in total. The maximum absolute atomic E-state index is 9.06. The van der Waals surface area contributed by atoms with E-state index in [1.54, 1.807) is 0 Å². The summed E-state index contributed by atoms with van der Waals surface area (Å²) in [4.78, 5) is 4.02. The molecule has 0 spiro atoms. The minimum absolute atomic E-state index is 0.148. The predicted molar refractivity (Wildman–Crippen MR) is 53.0 cm³/mol. The van der Waals surface area contributed by atoms with Crippen LogP contribution in [0.3, 0.4) is 0 Å². The van der Waals surface area contributed by atoms with E-state index in [-0.39, 0.29) is 18.2 Å². The largest absolute Gasteiger partial charge is 0.271 e. The number of hydrogen-bond acceptors (Lipinski definition) is 4. The lowest BCUT2D eigenvalue weighted by Crippen LogP contribution is -2.39. The zero-order valence-electron chi connectivity index (χ0n) is 8.94. The van der Waals surface area contributed by atoms with E-state index in [2.05, 4.69) is 17.0 Å². The van der Waals surface area contributed by atoms with Gasteiger partial charge in [0.1, 0.15) is 6.04 Å². The van der Waals surface area contributed by atoms with Gasteiger partial charge in [0.15, 0.2) is 6.17 Å². The quantitative estimate of drug-likeness (QED) is 0.648. The van der Waals surface area contributed by atoms with E-state index < -0.39 is 0 Å². The summed E-state index contributed by atoms with van der Waals surface area (Å²) in [6.45, 7) is 7.58. The smallest absolute Gasteiger partial charge is 0.154 e. The van der Waals surface area contributed by atoms with Crippen molar-refractivity contribution >= 4 is 0 Å². The molecule has 0 aromatic heterocycles. The Bertz CT molecular complexity index is 275. The van der Waals surface area contributed by atoms with Gasteiger partial charge in [0, 0.05) is 6.04 Å². The average Bonchev–Trinajstić information content (AvgIpc) is 2.48. The van der Waals surface area contributed by atoms with Crippen LogP contribution in [0.5, 0.6) is 0 Å². The predicted octanol–water partition coefficient (Wildman–Crippen LogP) is 0.774. The van der Waals surface area contributed by atoms with Gasteiger partial charge in [-0.25, -0.2) is 0 Å². The zero-order valence-corrected chi connectivity index (χ0v) is 8.94. The molecular formula is C10H16N4. The van der Waals surface area contributed by atoms with E-state index in [0.29, 0.717) is 0 Å². The van der Waals surface area contributed by atoms with Crippen LogP contribution in [-0.2, 0) is 0 Å². The Kier molecular flexibility index (Phi) is 3.46. The molecule has 1 aliphatic rings. The molecule has 0 aromatic carbocycles. The third-order valence-electron chi connectivity index (χ3n) is 2.94. The highest BCUT2D eigenvalue weighted by atomic mass is 15.4. The molecule has 0 aromatic rings. The molecule has 4 nitrogen and oxygen atoms in total. The molecule has 0 bridgehead atoms. The van der Waals surface area contributed by atoms with Crippen molar-refractivity contribution in [3.63, 3.8) is 0 Å². The first-order valence-electron chi connectivity index (χ1n) is 5.01. The van der Waals surface area contributed by atoms with Crippen LogP contribution in [-0.4, -0.2) is 41.1 Å². The van der Waals surface area contributed by atoms with Crippen LogP contribution in [0, 0.1) is 22.7 Å². The third-order valence-corrected chi connectivity index (χ3v) is 2.94. The molecule has 0 aliphatic carbocycles. The summed E-state index contributed by atoms with van der Waals surface area (Å²) in [6, 6.07) is 4.54. The SMILES string of the molecule is CCN1C(C)C(C#N)N(CC)C1C#N. The van der Waals surface area contributed by atoms with Crippen molar-refractivity contribution in [2.45, 2.75) is 39.0 Å². The first-order chi connectivity index (χ1) is 6.71. The van der Waals surface area contributed by atoms with Crippen molar-refractivity contribution in [2.24, 2.45) is 0 Å². The number of nitrogens with zero attached hydrogens (tertiary/aromatic N) is 4. The highest BCUT2D eigenvalue weighted by molar-refractivity contribution is 5.11. The Morgan fingerprint density at radius 1 is 1.07 bits per heavy atom. The minimum atomic E-state index is -0.232. The lowest BCUT2D eigenvalue weighted by molar-refractivity contribution is 0.178. The molecule has 1 rings (SSSR count). The molecule has 3 unspecified atom stereocenters.